The Bertz CT molecular complexity index is 441. The minimum Gasteiger partial charge on any atom is -0.351 e. The van der Waals surface area contributed by atoms with Gasteiger partial charge in [0.1, 0.15) is 6.54 Å². The maximum Gasteiger partial charge on any atom is 0.250 e. The van der Waals surface area contributed by atoms with Crippen LogP contribution in [-0.4, -0.2) is 29.6 Å². The zero-order valence-corrected chi connectivity index (χ0v) is 10.9. The van der Waals surface area contributed by atoms with Gasteiger partial charge in [0.2, 0.25) is 5.91 Å². The number of rotatable bonds is 3. The number of hydrogen-bond acceptors (Lipinski definition) is 3. The van der Waals surface area contributed by atoms with Gasteiger partial charge in [0.25, 0.3) is 5.56 Å². The van der Waals surface area contributed by atoms with Gasteiger partial charge < -0.3 is 15.2 Å². The van der Waals surface area contributed by atoms with Gasteiger partial charge in [-0.2, -0.15) is 0 Å². The predicted molar refractivity (Wildman–Crippen MR) is 72.0 cm³/mol. The van der Waals surface area contributed by atoms with Gasteiger partial charge in [-0.15, -0.1) is 12.4 Å². The number of piperidine rings is 1. The van der Waals surface area contributed by atoms with E-state index in [-0.39, 0.29) is 36.5 Å². The van der Waals surface area contributed by atoms with Crippen molar-refractivity contribution in [3.63, 3.8) is 0 Å². The summed E-state index contributed by atoms with van der Waals surface area (Å²) in [5.41, 5.74) is -0.149. The van der Waals surface area contributed by atoms with Crippen molar-refractivity contribution in [3.05, 3.63) is 34.7 Å². The summed E-state index contributed by atoms with van der Waals surface area (Å²) in [5, 5.41) is 6.17. The van der Waals surface area contributed by atoms with E-state index in [1.54, 1.807) is 18.3 Å². The highest BCUT2D eigenvalue weighted by Gasteiger charge is 2.15. The third-order valence-corrected chi connectivity index (χ3v) is 2.87. The number of nitrogens with zero attached hydrogens (tertiary/aromatic N) is 1. The summed E-state index contributed by atoms with van der Waals surface area (Å²) in [7, 11) is 0. The minimum absolute atomic E-state index is 0. The number of nitrogens with one attached hydrogen (secondary N) is 2. The predicted octanol–water partition coefficient (Wildman–Crippen LogP) is 0.138. The average molecular weight is 272 g/mol. The molecule has 2 heterocycles. The number of pyridine rings is 1. The van der Waals surface area contributed by atoms with Crippen LogP contribution in [0.25, 0.3) is 0 Å². The maximum absolute atomic E-state index is 11.7. The lowest BCUT2D eigenvalue weighted by atomic mass is 10.1. The fourth-order valence-electron chi connectivity index (χ4n) is 1.99. The first-order valence-electron chi connectivity index (χ1n) is 5.91. The van der Waals surface area contributed by atoms with Crippen LogP contribution in [0.3, 0.4) is 0 Å². The zero-order valence-electron chi connectivity index (χ0n) is 10.1. The first kappa shape index (κ1) is 14.7. The van der Waals surface area contributed by atoms with E-state index in [1.807, 2.05) is 0 Å². The lowest BCUT2D eigenvalue weighted by molar-refractivity contribution is -0.122. The monoisotopic (exact) mass is 271 g/mol. The molecular weight excluding hydrogens is 254 g/mol. The van der Waals surface area contributed by atoms with Gasteiger partial charge in [-0.1, -0.05) is 6.07 Å². The molecule has 18 heavy (non-hydrogen) atoms. The summed E-state index contributed by atoms with van der Waals surface area (Å²) < 4.78 is 1.41. The molecule has 2 N–H and O–H groups in total. The summed E-state index contributed by atoms with van der Waals surface area (Å²) in [6.45, 7) is 1.93. The fourth-order valence-corrected chi connectivity index (χ4v) is 1.99. The van der Waals surface area contributed by atoms with Crippen LogP contribution in [-0.2, 0) is 11.3 Å². The molecule has 0 aliphatic carbocycles. The molecule has 1 aromatic rings. The fraction of sp³-hybridized carbons (Fsp3) is 0.500. The van der Waals surface area contributed by atoms with Crippen LogP contribution in [0, 0.1) is 0 Å². The van der Waals surface area contributed by atoms with Crippen molar-refractivity contribution in [2.75, 3.05) is 13.1 Å². The van der Waals surface area contributed by atoms with Crippen LogP contribution < -0.4 is 16.2 Å². The number of hydrogen-bond donors (Lipinski definition) is 2. The highest BCUT2D eigenvalue weighted by atomic mass is 35.5. The molecule has 6 heteroatoms. The maximum atomic E-state index is 11.7. The quantitative estimate of drug-likeness (QED) is 0.822. The van der Waals surface area contributed by atoms with E-state index in [2.05, 4.69) is 10.6 Å². The van der Waals surface area contributed by atoms with E-state index in [9.17, 15) is 9.59 Å². The van der Waals surface area contributed by atoms with Crippen LogP contribution >= 0.6 is 12.4 Å². The highest BCUT2D eigenvalue weighted by molar-refractivity contribution is 5.85. The van der Waals surface area contributed by atoms with Crippen molar-refractivity contribution >= 4 is 18.3 Å². The Morgan fingerprint density at radius 2 is 2.33 bits per heavy atom. The second kappa shape index (κ2) is 7.18. The number of aromatic nitrogens is 1. The largest absolute Gasteiger partial charge is 0.351 e. The molecule has 2 rings (SSSR count). The van der Waals surface area contributed by atoms with E-state index in [0.717, 1.165) is 25.9 Å². The lowest BCUT2D eigenvalue weighted by Gasteiger charge is -2.23. The molecule has 0 aromatic carbocycles. The van der Waals surface area contributed by atoms with Gasteiger partial charge in [-0.3, -0.25) is 9.59 Å². The summed E-state index contributed by atoms with van der Waals surface area (Å²) >= 11 is 0. The molecular formula is C12H18ClN3O2. The molecule has 1 atom stereocenters. The normalized spacial score (nSPS) is 18.8. The SMILES string of the molecule is Cl.O=C(Cn1ccccc1=O)N[C@H]1CCCNC1. The van der Waals surface area contributed by atoms with Crippen molar-refractivity contribution < 1.29 is 4.79 Å². The number of amides is 1. The molecule has 100 valence electrons. The van der Waals surface area contributed by atoms with Crippen LogP contribution in [0.5, 0.6) is 0 Å². The van der Waals surface area contributed by atoms with Crippen molar-refractivity contribution in [2.45, 2.75) is 25.4 Å². The smallest absolute Gasteiger partial charge is 0.250 e. The van der Waals surface area contributed by atoms with Crippen LogP contribution in [0.15, 0.2) is 29.2 Å². The van der Waals surface area contributed by atoms with Gasteiger partial charge in [-0.25, -0.2) is 0 Å². The van der Waals surface area contributed by atoms with Crippen LogP contribution in [0.2, 0.25) is 0 Å². The third-order valence-electron chi connectivity index (χ3n) is 2.87. The van der Waals surface area contributed by atoms with Crippen molar-refractivity contribution in [2.24, 2.45) is 0 Å². The molecule has 0 unspecified atom stereocenters. The Morgan fingerprint density at radius 3 is 3.00 bits per heavy atom. The van der Waals surface area contributed by atoms with E-state index in [1.165, 1.54) is 10.6 Å². The second-order valence-electron chi connectivity index (χ2n) is 4.28. The Kier molecular flexibility index (Phi) is 5.88. The topological polar surface area (TPSA) is 63.1 Å². The molecule has 0 saturated carbocycles. The molecule has 1 aromatic heterocycles. The van der Waals surface area contributed by atoms with Crippen LogP contribution in [0.4, 0.5) is 0 Å². The molecule has 1 fully saturated rings. The lowest BCUT2D eigenvalue weighted by Crippen LogP contribution is -2.47. The Hall–Kier alpha value is -1.33. The number of halogens is 1. The minimum atomic E-state index is -0.149. The molecule has 0 spiro atoms. The van der Waals surface area contributed by atoms with Crippen molar-refractivity contribution in [3.8, 4) is 0 Å². The van der Waals surface area contributed by atoms with E-state index >= 15 is 0 Å². The second-order valence-corrected chi connectivity index (χ2v) is 4.28. The first-order valence-corrected chi connectivity index (χ1v) is 5.91. The molecule has 1 aliphatic rings. The zero-order chi connectivity index (χ0) is 12.1. The van der Waals surface area contributed by atoms with Crippen LogP contribution in [0.1, 0.15) is 12.8 Å². The van der Waals surface area contributed by atoms with E-state index in [4.69, 9.17) is 0 Å². The highest BCUT2D eigenvalue weighted by Crippen LogP contribution is 2.00. The Balaban J connectivity index is 0.00000162. The summed E-state index contributed by atoms with van der Waals surface area (Å²) in [5.74, 6) is -0.105. The van der Waals surface area contributed by atoms with Gasteiger partial charge in [0, 0.05) is 24.8 Å². The average Bonchev–Trinajstić information content (AvgIpc) is 2.33. The summed E-state index contributed by atoms with van der Waals surface area (Å²) in [4.78, 5) is 23.2. The van der Waals surface area contributed by atoms with E-state index in [0.29, 0.717) is 0 Å². The molecule has 0 bridgehead atoms. The number of carbonyl (C=O) groups excluding carboxylic acids is 1. The third kappa shape index (κ3) is 4.16. The Labute approximate surface area is 112 Å². The molecule has 5 nitrogen and oxygen atoms in total. The summed E-state index contributed by atoms with van der Waals surface area (Å²) in [6.07, 6.45) is 3.71. The molecule has 1 amide bonds. The Morgan fingerprint density at radius 1 is 1.50 bits per heavy atom. The van der Waals surface area contributed by atoms with Gasteiger partial charge >= 0.3 is 0 Å². The van der Waals surface area contributed by atoms with Crippen molar-refractivity contribution in [1.82, 2.24) is 15.2 Å². The molecule has 1 saturated heterocycles. The number of carbonyl (C=O) groups is 1. The standard InChI is InChI=1S/C12H17N3O2.ClH/c16-11(14-10-4-3-6-13-8-10)9-15-7-2-1-5-12(15)17;/h1-2,5,7,10,13H,3-4,6,8-9H2,(H,14,16);1H/t10-;/m0./s1. The van der Waals surface area contributed by atoms with Gasteiger partial charge in [-0.05, 0) is 25.5 Å². The molecule has 1 aliphatic heterocycles. The van der Waals surface area contributed by atoms with E-state index < -0.39 is 0 Å². The van der Waals surface area contributed by atoms with Gasteiger partial charge in [0.05, 0.1) is 0 Å². The van der Waals surface area contributed by atoms with Gasteiger partial charge in [0.15, 0.2) is 0 Å². The molecule has 0 radical (unpaired) electrons. The first-order chi connectivity index (χ1) is 8.25. The van der Waals surface area contributed by atoms with Crippen molar-refractivity contribution in [1.29, 1.82) is 0 Å². The summed E-state index contributed by atoms with van der Waals surface area (Å²) in [6, 6.07) is 5.06.